The molecular weight excluding hydrogens is 272 g/mol. The first-order valence-corrected chi connectivity index (χ1v) is 6.32. The number of amides is 1. The number of carboxylic acid groups (broad SMARTS) is 1. The number of rotatable bonds is 5. The van der Waals surface area contributed by atoms with Gasteiger partial charge >= 0.3 is 12.1 Å². The Morgan fingerprint density at radius 3 is 2.30 bits per heavy atom. The summed E-state index contributed by atoms with van der Waals surface area (Å²) in [5, 5.41) is 10.7. The second-order valence-corrected chi connectivity index (χ2v) is 5.90. The zero-order valence-corrected chi connectivity index (χ0v) is 11.7. The number of carboxylic acids is 1. The number of allylic oxidation sites excluding steroid dienone is 1. The Kier molecular flexibility index (Phi) is 4.73. The van der Waals surface area contributed by atoms with E-state index in [1.165, 1.54) is 0 Å². The van der Waals surface area contributed by atoms with E-state index in [2.05, 4.69) is 0 Å². The average molecular weight is 291 g/mol. The number of hydrogen-bond donors (Lipinski definition) is 2. The van der Waals surface area contributed by atoms with Crippen molar-refractivity contribution in [1.29, 1.82) is 0 Å². The van der Waals surface area contributed by atoms with Gasteiger partial charge in [0.2, 0.25) is 0 Å². The lowest BCUT2D eigenvalue weighted by Crippen LogP contribution is -2.35. The van der Waals surface area contributed by atoms with E-state index in [1.807, 2.05) is 5.32 Å². The van der Waals surface area contributed by atoms with Crippen molar-refractivity contribution < 1.29 is 28.2 Å². The molecule has 0 unspecified atom stereocenters. The standard InChI is InChI=1S/C13H19F2NO4/c1-12(2,3)20-11(19)16-9(10(17)18)7-13(14,15)6-8-4-5-8/h7-8H,4-6H2,1-3H3,(H,16,19)(H,17,18)/b9-7+. The van der Waals surface area contributed by atoms with E-state index in [4.69, 9.17) is 9.84 Å². The molecule has 1 aliphatic carbocycles. The third kappa shape index (κ3) is 6.49. The number of ether oxygens (including phenoxy) is 1. The van der Waals surface area contributed by atoms with Crippen molar-refractivity contribution >= 4 is 12.1 Å². The minimum absolute atomic E-state index is 0.0715. The number of carbonyl (C=O) groups excluding carboxylic acids is 1. The van der Waals surface area contributed by atoms with Gasteiger partial charge in [-0.3, -0.25) is 5.32 Å². The van der Waals surface area contributed by atoms with Crippen LogP contribution in [0.3, 0.4) is 0 Å². The molecule has 5 nitrogen and oxygen atoms in total. The number of hydrogen-bond acceptors (Lipinski definition) is 3. The van der Waals surface area contributed by atoms with Gasteiger partial charge in [0.05, 0.1) is 0 Å². The molecule has 0 saturated heterocycles. The maximum absolute atomic E-state index is 13.6. The molecule has 7 heteroatoms. The van der Waals surface area contributed by atoms with E-state index in [0.717, 1.165) is 12.8 Å². The van der Waals surface area contributed by atoms with Gasteiger partial charge in [-0.25, -0.2) is 18.4 Å². The molecular formula is C13H19F2NO4. The lowest BCUT2D eigenvalue weighted by Gasteiger charge is -2.20. The molecule has 0 aromatic carbocycles. The Morgan fingerprint density at radius 2 is 1.90 bits per heavy atom. The van der Waals surface area contributed by atoms with Crippen LogP contribution >= 0.6 is 0 Å². The summed E-state index contributed by atoms with van der Waals surface area (Å²) in [6.07, 6.45) is 0.252. The summed E-state index contributed by atoms with van der Waals surface area (Å²) in [5.41, 5.74) is -1.71. The molecule has 0 aromatic rings. The van der Waals surface area contributed by atoms with Gasteiger partial charge in [0.25, 0.3) is 5.92 Å². The molecule has 1 aliphatic rings. The van der Waals surface area contributed by atoms with E-state index in [9.17, 15) is 18.4 Å². The number of alkyl halides is 2. The van der Waals surface area contributed by atoms with E-state index in [-0.39, 0.29) is 12.0 Å². The van der Waals surface area contributed by atoms with Crippen LogP contribution in [0, 0.1) is 5.92 Å². The summed E-state index contributed by atoms with van der Waals surface area (Å²) < 4.78 is 32.0. The van der Waals surface area contributed by atoms with Gasteiger partial charge in [-0.05, 0) is 39.5 Å². The topological polar surface area (TPSA) is 75.6 Å². The molecule has 1 fully saturated rings. The van der Waals surface area contributed by atoms with Crippen LogP contribution in [-0.4, -0.2) is 28.7 Å². The maximum atomic E-state index is 13.6. The van der Waals surface area contributed by atoms with Gasteiger partial charge in [0.15, 0.2) is 0 Å². The first-order chi connectivity index (χ1) is 8.98. The highest BCUT2D eigenvalue weighted by Gasteiger charge is 2.37. The largest absolute Gasteiger partial charge is 0.477 e. The first-order valence-electron chi connectivity index (χ1n) is 6.32. The van der Waals surface area contributed by atoms with Crippen molar-refractivity contribution in [2.24, 2.45) is 5.92 Å². The lowest BCUT2D eigenvalue weighted by atomic mass is 10.1. The molecule has 0 bridgehead atoms. The predicted molar refractivity (Wildman–Crippen MR) is 67.4 cm³/mol. The molecule has 0 aromatic heterocycles. The minimum Gasteiger partial charge on any atom is -0.477 e. The Morgan fingerprint density at radius 1 is 1.35 bits per heavy atom. The van der Waals surface area contributed by atoms with Crippen molar-refractivity contribution in [2.75, 3.05) is 0 Å². The second kappa shape index (κ2) is 5.76. The van der Waals surface area contributed by atoms with E-state index >= 15 is 0 Å². The Hall–Kier alpha value is -1.66. The number of halogens is 2. The molecule has 0 radical (unpaired) electrons. The molecule has 0 spiro atoms. The van der Waals surface area contributed by atoms with Crippen molar-refractivity contribution in [2.45, 2.75) is 51.6 Å². The Balaban J connectivity index is 2.72. The number of nitrogens with one attached hydrogen (secondary N) is 1. The summed E-state index contributed by atoms with van der Waals surface area (Å²) in [5.74, 6) is -4.96. The van der Waals surface area contributed by atoms with E-state index in [0.29, 0.717) is 0 Å². The second-order valence-electron chi connectivity index (χ2n) is 5.90. The summed E-state index contributed by atoms with van der Waals surface area (Å²) in [4.78, 5) is 22.3. The predicted octanol–water partition coefficient (Wildman–Crippen LogP) is 2.92. The highest BCUT2D eigenvalue weighted by molar-refractivity contribution is 5.90. The third-order valence-electron chi connectivity index (χ3n) is 2.48. The van der Waals surface area contributed by atoms with Crippen LogP contribution in [-0.2, 0) is 9.53 Å². The first kappa shape index (κ1) is 16.4. The van der Waals surface area contributed by atoms with Gasteiger partial charge in [-0.15, -0.1) is 0 Å². The summed E-state index contributed by atoms with van der Waals surface area (Å²) >= 11 is 0. The van der Waals surface area contributed by atoms with Crippen molar-refractivity contribution in [3.8, 4) is 0 Å². The van der Waals surface area contributed by atoms with Crippen LogP contribution in [0.25, 0.3) is 0 Å². The monoisotopic (exact) mass is 291 g/mol. The van der Waals surface area contributed by atoms with Crippen LogP contribution in [0.2, 0.25) is 0 Å². The zero-order valence-electron chi connectivity index (χ0n) is 11.7. The fourth-order valence-corrected chi connectivity index (χ4v) is 1.54. The van der Waals surface area contributed by atoms with Gasteiger partial charge in [-0.1, -0.05) is 0 Å². The Labute approximate surface area is 116 Å². The van der Waals surface area contributed by atoms with E-state index < -0.39 is 35.7 Å². The molecule has 20 heavy (non-hydrogen) atoms. The fourth-order valence-electron chi connectivity index (χ4n) is 1.54. The number of alkyl carbamates (subject to hydrolysis) is 1. The third-order valence-corrected chi connectivity index (χ3v) is 2.48. The SMILES string of the molecule is CC(C)(C)OC(=O)N/C(=C/C(F)(F)CC1CC1)C(=O)O. The summed E-state index contributed by atoms with van der Waals surface area (Å²) in [6.45, 7) is 4.75. The van der Waals surface area contributed by atoms with Gasteiger partial charge in [0, 0.05) is 12.5 Å². The van der Waals surface area contributed by atoms with Crippen LogP contribution in [0.5, 0.6) is 0 Å². The molecule has 1 saturated carbocycles. The highest BCUT2D eigenvalue weighted by atomic mass is 19.3. The van der Waals surface area contributed by atoms with Crippen molar-refractivity contribution in [1.82, 2.24) is 5.32 Å². The molecule has 0 aliphatic heterocycles. The van der Waals surface area contributed by atoms with Crippen LogP contribution in [0.1, 0.15) is 40.0 Å². The quantitative estimate of drug-likeness (QED) is 0.764. The van der Waals surface area contributed by atoms with Gasteiger partial charge < -0.3 is 9.84 Å². The zero-order chi connectivity index (χ0) is 15.6. The summed E-state index contributed by atoms with van der Waals surface area (Å²) in [6, 6.07) is 0. The molecule has 2 N–H and O–H groups in total. The molecule has 114 valence electrons. The lowest BCUT2D eigenvalue weighted by molar-refractivity contribution is -0.133. The van der Waals surface area contributed by atoms with Crippen molar-refractivity contribution in [3.05, 3.63) is 11.8 Å². The van der Waals surface area contributed by atoms with Crippen LogP contribution < -0.4 is 5.32 Å². The van der Waals surface area contributed by atoms with Crippen molar-refractivity contribution in [3.63, 3.8) is 0 Å². The van der Waals surface area contributed by atoms with Crippen LogP contribution in [0.4, 0.5) is 13.6 Å². The number of aliphatic carboxylic acids is 1. The average Bonchev–Trinajstić information content (AvgIpc) is 2.95. The summed E-state index contributed by atoms with van der Waals surface area (Å²) in [7, 11) is 0. The molecule has 1 amide bonds. The van der Waals surface area contributed by atoms with Gasteiger partial charge in [0.1, 0.15) is 11.3 Å². The van der Waals surface area contributed by atoms with Gasteiger partial charge in [-0.2, -0.15) is 0 Å². The maximum Gasteiger partial charge on any atom is 0.412 e. The molecule has 1 rings (SSSR count). The molecule has 0 atom stereocenters. The smallest absolute Gasteiger partial charge is 0.412 e. The minimum atomic E-state index is -3.26. The Bertz CT molecular complexity index is 423. The fraction of sp³-hybridized carbons (Fsp3) is 0.692. The van der Waals surface area contributed by atoms with E-state index in [1.54, 1.807) is 20.8 Å². The molecule has 0 heterocycles. The number of carbonyl (C=O) groups is 2. The normalized spacial score (nSPS) is 16.8. The highest BCUT2D eigenvalue weighted by Crippen LogP contribution is 2.39. The van der Waals surface area contributed by atoms with Crippen LogP contribution in [0.15, 0.2) is 11.8 Å².